The van der Waals surface area contributed by atoms with Crippen LogP contribution in [0.2, 0.25) is 0 Å². The number of rotatable bonds is 2. The van der Waals surface area contributed by atoms with Crippen molar-refractivity contribution in [3.63, 3.8) is 0 Å². The number of aromatic nitrogens is 1. The zero-order valence-electron chi connectivity index (χ0n) is 8.88. The van der Waals surface area contributed by atoms with Gasteiger partial charge in [0, 0.05) is 30.4 Å². The van der Waals surface area contributed by atoms with Crippen LogP contribution in [0, 0.1) is 0 Å². The van der Waals surface area contributed by atoms with E-state index in [1.807, 2.05) is 18.2 Å². The third-order valence-corrected chi connectivity index (χ3v) is 2.38. The molecule has 16 heavy (non-hydrogen) atoms. The van der Waals surface area contributed by atoms with E-state index in [-0.39, 0.29) is 11.3 Å². The van der Waals surface area contributed by atoms with Gasteiger partial charge in [0.25, 0.3) is 0 Å². The van der Waals surface area contributed by atoms with Crippen molar-refractivity contribution >= 4 is 5.78 Å². The predicted molar refractivity (Wildman–Crippen MR) is 61.6 cm³/mol. The number of ketones is 1. The van der Waals surface area contributed by atoms with Gasteiger partial charge in [-0.25, -0.2) is 0 Å². The minimum atomic E-state index is -0.121. The summed E-state index contributed by atoms with van der Waals surface area (Å²) in [6.07, 6.45) is 1.55. The Balaban J connectivity index is 2.42. The van der Waals surface area contributed by atoms with Crippen molar-refractivity contribution < 1.29 is 4.79 Å². The summed E-state index contributed by atoms with van der Waals surface area (Å²) in [5.74, 6) is -0.0730. The Kier molecular flexibility index (Phi) is 2.68. The summed E-state index contributed by atoms with van der Waals surface area (Å²) < 4.78 is 1.40. The van der Waals surface area contributed by atoms with Crippen molar-refractivity contribution in [3.05, 3.63) is 70.1 Å². The maximum Gasteiger partial charge on any atom is 0.250 e. The van der Waals surface area contributed by atoms with Crippen molar-refractivity contribution in [2.24, 2.45) is 7.05 Å². The van der Waals surface area contributed by atoms with E-state index in [9.17, 15) is 9.59 Å². The molecule has 0 saturated carbocycles. The lowest BCUT2D eigenvalue weighted by atomic mass is 10.1. The van der Waals surface area contributed by atoms with Crippen LogP contribution in [0.1, 0.15) is 15.9 Å². The number of carbonyl (C=O) groups excluding carboxylic acids is 1. The van der Waals surface area contributed by atoms with Crippen molar-refractivity contribution in [2.45, 2.75) is 0 Å². The molecule has 0 unspecified atom stereocenters. The summed E-state index contributed by atoms with van der Waals surface area (Å²) in [5.41, 5.74) is 1.03. The van der Waals surface area contributed by atoms with Gasteiger partial charge in [-0.1, -0.05) is 30.3 Å². The van der Waals surface area contributed by atoms with Gasteiger partial charge in [0.15, 0.2) is 5.78 Å². The largest absolute Gasteiger partial charge is 0.318 e. The van der Waals surface area contributed by atoms with Crippen molar-refractivity contribution in [1.29, 1.82) is 0 Å². The lowest BCUT2D eigenvalue weighted by Crippen LogP contribution is -2.16. The molecule has 0 aliphatic heterocycles. The third-order valence-electron chi connectivity index (χ3n) is 2.38. The van der Waals surface area contributed by atoms with Crippen LogP contribution in [0.4, 0.5) is 0 Å². The molecule has 0 fully saturated rings. The number of pyridine rings is 1. The van der Waals surface area contributed by atoms with E-state index >= 15 is 0 Å². The van der Waals surface area contributed by atoms with Crippen LogP contribution in [-0.2, 0) is 7.05 Å². The molecule has 0 saturated heterocycles. The van der Waals surface area contributed by atoms with E-state index in [1.165, 1.54) is 10.6 Å². The molecule has 3 nitrogen and oxygen atoms in total. The second-order valence-corrected chi connectivity index (χ2v) is 3.56. The second kappa shape index (κ2) is 4.14. The first kappa shape index (κ1) is 10.4. The average molecular weight is 213 g/mol. The highest BCUT2D eigenvalue weighted by Gasteiger charge is 2.08. The Morgan fingerprint density at radius 1 is 1.00 bits per heavy atom. The molecule has 80 valence electrons. The van der Waals surface area contributed by atoms with Crippen molar-refractivity contribution in [3.8, 4) is 0 Å². The van der Waals surface area contributed by atoms with Gasteiger partial charge in [0.1, 0.15) is 0 Å². The summed E-state index contributed by atoms with van der Waals surface area (Å²) in [7, 11) is 1.63. The van der Waals surface area contributed by atoms with Gasteiger partial charge in [0.05, 0.1) is 0 Å². The van der Waals surface area contributed by atoms with E-state index < -0.39 is 0 Å². The molecule has 1 aromatic carbocycles. The van der Waals surface area contributed by atoms with Crippen molar-refractivity contribution in [2.75, 3.05) is 0 Å². The van der Waals surface area contributed by atoms with Crippen LogP contribution in [0.5, 0.6) is 0 Å². The van der Waals surface area contributed by atoms with E-state index in [0.29, 0.717) is 11.1 Å². The van der Waals surface area contributed by atoms with Crippen LogP contribution in [0.25, 0.3) is 0 Å². The Labute approximate surface area is 93.0 Å². The van der Waals surface area contributed by atoms with Crippen LogP contribution >= 0.6 is 0 Å². The van der Waals surface area contributed by atoms with Gasteiger partial charge < -0.3 is 4.57 Å². The minimum absolute atomic E-state index is 0.0730. The highest BCUT2D eigenvalue weighted by atomic mass is 16.1. The summed E-state index contributed by atoms with van der Waals surface area (Å²) in [6.45, 7) is 0. The second-order valence-electron chi connectivity index (χ2n) is 3.56. The van der Waals surface area contributed by atoms with Gasteiger partial charge in [-0.05, 0) is 6.07 Å². The van der Waals surface area contributed by atoms with E-state index in [2.05, 4.69) is 0 Å². The fourth-order valence-electron chi connectivity index (χ4n) is 1.48. The van der Waals surface area contributed by atoms with Gasteiger partial charge in [-0.3, -0.25) is 9.59 Å². The quantitative estimate of drug-likeness (QED) is 0.711. The number of aryl methyl sites for hydroxylation is 1. The van der Waals surface area contributed by atoms with Crippen LogP contribution in [-0.4, -0.2) is 10.4 Å². The van der Waals surface area contributed by atoms with E-state index in [0.717, 1.165) is 0 Å². The van der Waals surface area contributed by atoms with Crippen LogP contribution in [0.3, 0.4) is 0 Å². The number of nitrogens with zero attached hydrogens (tertiary/aromatic N) is 1. The number of hydrogen-bond acceptors (Lipinski definition) is 2. The zero-order valence-corrected chi connectivity index (χ0v) is 8.88. The van der Waals surface area contributed by atoms with Gasteiger partial charge in [0.2, 0.25) is 5.56 Å². The summed E-state index contributed by atoms with van der Waals surface area (Å²) in [5, 5.41) is 0. The normalized spacial score (nSPS) is 10.1. The zero-order chi connectivity index (χ0) is 11.5. The Morgan fingerprint density at radius 3 is 2.31 bits per heavy atom. The molecule has 0 aliphatic carbocycles. The lowest BCUT2D eigenvalue weighted by molar-refractivity contribution is 0.103. The molecule has 1 heterocycles. The van der Waals surface area contributed by atoms with E-state index in [4.69, 9.17) is 0 Å². The summed E-state index contributed by atoms with van der Waals surface area (Å²) in [4.78, 5) is 23.2. The fourth-order valence-corrected chi connectivity index (χ4v) is 1.48. The lowest BCUT2D eigenvalue weighted by Gasteiger charge is -2.02. The van der Waals surface area contributed by atoms with Gasteiger partial charge >= 0.3 is 0 Å². The molecule has 0 aliphatic rings. The number of carbonyl (C=O) groups is 1. The number of hydrogen-bond donors (Lipinski definition) is 0. The molecular formula is C13H11NO2. The highest BCUT2D eigenvalue weighted by Crippen LogP contribution is 2.07. The average Bonchev–Trinajstić information content (AvgIpc) is 2.33. The van der Waals surface area contributed by atoms with Crippen molar-refractivity contribution in [1.82, 2.24) is 4.57 Å². The molecule has 3 heteroatoms. The SMILES string of the molecule is Cn1cc(C(=O)c2ccccc2)ccc1=O. The monoisotopic (exact) mass is 213 g/mol. The Hall–Kier alpha value is -2.16. The molecule has 2 rings (SSSR count). The minimum Gasteiger partial charge on any atom is -0.318 e. The molecule has 1 aromatic heterocycles. The maximum absolute atomic E-state index is 12.0. The standard InChI is InChI=1S/C13H11NO2/c1-14-9-11(7-8-12(14)15)13(16)10-5-3-2-4-6-10/h2-9H,1H3. The first-order valence-electron chi connectivity index (χ1n) is 4.95. The molecular weight excluding hydrogens is 202 g/mol. The Morgan fingerprint density at radius 2 is 1.69 bits per heavy atom. The third kappa shape index (κ3) is 1.93. The molecule has 0 N–H and O–H groups in total. The molecule has 0 spiro atoms. The smallest absolute Gasteiger partial charge is 0.250 e. The summed E-state index contributed by atoms with van der Waals surface area (Å²) in [6, 6.07) is 12.0. The molecule has 0 radical (unpaired) electrons. The molecule has 2 aromatic rings. The van der Waals surface area contributed by atoms with Crippen LogP contribution in [0.15, 0.2) is 53.5 Å². The predicted octanol–water partition coefficient (Wildman–Crippen LogP) is 1.62. The topological polar surface area (TPSA) is 39.1 Å². The highest BCUT2D eigenvalue weighted by molar-refractivity contribution is 6.08. The van der Waals surface area contributed by atoms with E-state index in [1.54, 1.807) is 31.4 Å². The first-order valence-corrected chi connectivity index (χ1v) is 4.95. The van der Waals surface area contributed by atoms with Gasteiger partial charge in [-0.2, -0.15) is 0 Å². The van der Waals surface area contributed by atoms with Crippen LogP contribution < -0.4 is 5.56 Å². The Bertz CT molecular complexity index is 570. The molecule has 0 bridgehead atoms. The fraction of sp³-hybridized carbons (Fsp3) is 0.0769. The number of benzene rings is 1. The molecule has 0 amide bonds. The first-order chi connectivity index (χ1) is 7.68. The summed E-state index contributed by atoms with van der Waals surface area (Å²) >= 11 is 0. The van der Waals surface area contributed by atoms with Gasteiger partial charge in [-0.15, -0.1) is 0 Å². The molecule has 0 atom stereocenters. The maximum atomic E-state index is 12.0.